The summed E-state index contributed by atoms with van der Waals surface area (Å²) in [5, 5.41) is 6.34. The smallest absolute Gasteiger partial charge is 0.277 e. The van der Waals surface area contributed by atoms with Crippen molar-refractivity contribution in [3.63, 3.8) is 0 Å². The van der Waals surface area contributed by atoms with Crippen LogP contribution in [0, 0.1) is 5.41 Å². The second kappa shape index (κ2) is 6.57. The molecule has 1 aliphatic carbocycles. The molecule has 0 bridgehead atoms. The molecule has 8 nitrogen and oxygen atoms in total. The monoisotopic (exact) mass is 391 g/mol. The first-order chi connectivity index (χ1) is 12.8. The average Bonchev–Trinajstić information content (AvgIpc) is 3.42. The quantitative estimate of drug-likeness (QED) is 0.768. The highest BCUT2D eigenvalue weighted by molar-refractivity contribution is 7.86. The maximum absolute atomic E-state index is 11.8. The van der Waals surface area contributed by atoms with E-state index in [-0.39, 0.29) is 11.5 Å². The summed E-state index contributed by atoms with van der Waals surface area (Å²) in [5.74, 6) is 1.62. The third-order valence-electron chi connectivity index (χ3n) is 5.49. The summed E-state index contributed by atoms with van der Waals surface area (Å²) in [7, 11) is -1.99. The van der Waals surface area contributed by atoms with Gasteiger partial charge in [0, 0.05) is 36.5 Å². The lowest BCUT2D eigenvalue weighted by atomic mass is 9.78. The van der Waals surface area contributed by atoms with Gasteiger partial charge in [0.05, 0.1) is 7.11 Å². The number of methoxy groups -OCH3 is 1. The van der Waals surface area contributed by atoms with Crippen molar-refractivity contribution in [2.75, 3.05) is 31.6 Å². The minimum atomic E-state index is -3.63. The van der Waals surface area contributed by atoms with E-state index >= 15 is 0 Å². The van der Waals surface area contributed by atoms with E-state index in [0.717, 1.165) is 54.8 Å². The zero-order chi connectivity index (χ0) is 19.2. The van der Waals surface area contributed by atoms with Crippen molar-refractivity contribution >= 4 is 26.9 Å². The van der Waals surface area contributed by atoms with Gasteiger partial charge < -0.3 is 9.64 Å². The van der Waals surface area contributed by atoms with Gasteiger partial charge in [0.15, 0.2) is 0 Å². The molecule has 2 N–H and O–H groups in total. The highest BCUT2D eigenvalue weighted by atomic mass is 32.2. The molecular formula is C18H25N5O3S. The highest BCUT2D eigenvalue weighted by Crippen LogP contribution is 2.40. The Bertz CT molecular complexity index is 955. The van der Waals surface area contributed by atoms with E-state index in [1.165, 1.54) is 4.31 Å². The summed E-state index contributed by atoms with van der Waals surface area (Å²) >= 11 is 0. The number of nitrogens with two attached hydrogens (primary N) is 1. The number of hydrogen-bond acceptors (Lipinski definition) is 6. The molecular weight excluding hydrogens is 366 g/mol. The largest absolute Gasteiger partial charge is 0.494 e. The lowest BCUT2D eigenvalue weighted by Gasteiger charge is -2.49. The minimum Gasteiger partial charge on any atom is -0.494 e. The zero-order valence-electron chi connectivity index (χ0n) is 15.6. The molecule has 2 heterocycles. The third kappa shape index (κ3) is 3.59. The van der Waals surface area contributed by atoms with E-state index in [1.807, 2.05) is 18.2 Å². The summed E-state index contributed by atoms with van der Waals surface area (Å²) in [4.78, 5) is 11.0. The number of aromatic nitrogens is 2. The van der Waals surface area contributed by atoms with Crippen molar-refractivity contribution in [3.8, 4) is 5.75 Å². The van der Waals surface area contributed by atoms with Gasteiger partial charge in [0.1, 0.15) is 23.4 Å². The molecule has 1 aromatic carbocycles. The van der Waals surface area contributed by atoms with Crippen LogP contribution in [0.5, 0.6) is 5.75 Å². The van der Waals surface area contributed by atoms with Gasteiger partial charge in [-0.1, -0.05) is 13.0 Å². The first-order valence-electron chi connectivity index (χ1n) is 9.13. The average molecular weight is 391 g/mol. The maximum atomic E-state index is 11.8. The molecule has 4 rings (SSSR count). The first-order valence-corrected chi connectivity index (χ1v) is 10.6. The Balaban J connectivity index is 1.47. The van der Waals surface area contributed by atoms with Gasteiger partial charge in [-0.2, -0.15) is 12.7 Å². The van der Waals surface area contributed by atoms with Crippen molar-refractivity contribution in [1.29, 1.82) is 0 Å². The fraction of sp³-hybridized carbons (Fsp3) is 0.556. The van der Waals surface area contributed by atoms with Crippen molar-refractivity contribution in [3.05, 3.63) is 24.5 Å². The number of nitrogens with zero attached hydrogens (tertiary/aromatic N) is 4. The van der Waals surface area contributed by atoms with Crippen LogP contribution in [0.25, 0.3) is 10.9 Å². The topological polar surface area (TPSA) is 102 Å². The number of hydrogen-bond donors (Lipinski definition) is 1. The van der Waals surface area contributed by atoms with E-state index in [1.54, 1.807) is 13.4 Å². The molecule has 0 atom stereocenters. The second-order valence-corrected chi connectivity index (χ2v) is 9.36. The van der Waals surface area contributed by atoms with Gasteiger partial charge in [-0.25, -0.2) is 15.1 Å². The Morgan fingerprint density at radius 2 is 2.07 bits per heavy atom. The fourth-order valence-corrected chi connectivity index (χ4v) is 4.88. The number of anilines is 1. The van der Waals surface area contributed by atoms with Gasteiger partial charge in [-0.15, -0.1) is 0 Å². The lowest BCUT2D eigenvalue weighted by molar-refractivity contribution is 0.201. The Hall–Kier alpha value is -1.97. The van der Waals surface area contributed by atoms with Crippen LogP contribution in [-0.2, 0) is 10.2 Å². The minimum absolute atomic E-state index is 0.0357. The molecule has 27 heavy (non-hydrogen) atoms. The molecule has 2 fully saturated rings. The first kappa shape index (κ1) is 18.4. The predicted molar refractivity (Wildman–Crippen MR) is 104 cm³/mol. The fourth-order valence-electron chi connectivity index (χ4n) is 3.91. The summed E-state index contributed by atoms with van der Waals surface area (Å²) in [6, 6.07) is 5.92. The van der Waals surface area contributed by atoms with Crippen LogP contribution in [0.15, 0.2) is 24.5 Å². The van der Waals surface area contributed by atoms with E-state index in [4.69, 9.17) is 9.88 Å². The van der Waals surface area contributed by atoms with Crippen LogP contribution in [0.2, 0.25) is 0 Å². The Morgan fingerprint density at radius 1 is 1.33 bits per heavy atom. The molecule has 0 amide bonds. The summed E-state index contributed by atoms with van der Waals surface area (Å²) < 4.78 is 30.4. The lowest BCUT2D eigenvalue weighted by Crippen LogP contribution is -2.56. The van der Waals surface area contributed by atoms with E-state index < -0.39 is 10.2 Å². The van der Waals surface area contributed by atoms with Gasteiger partial charge in [-0.05, 0) is 31.4 Å². The van der Waals surface area contributed by atoms with E-state index in [2.05, 4.69) is 21.8 Å². The number of fused-ring (bicyclic) bond motifs is 1. The maximum Gasteiger partial charge on any atom is 0.277 e. The highest BCUT2D eigenvalue weighted by Gasteiger charge is 2.42. The molecule has 146 valence electrons. The standard InChI is InChI=1S/C18H25N5O3S/c1-18(8-9-23(13-6-7-13)27(19,24)25)10-22(11-18)17-14-4-3-5-15(26-2)16(14)20-12-21-17/h3-5,12-13H,6-11H2,1-2H3,(H2,19,24,25). The normalized spacial score (nSPS) is 19.3. The molecule has 0 radical (unpaired) electrons. The Kier molecular flexibility index (Phi) is 4.48. The van der Waals surface area contributed by atoms with Crippen LogP contribution in [0.3, 0.4) is 0 Å². The van der Waals surface area contributed by atoms with Gasteiger partial charge in [-0.3, -0.25) is 0 Å². The second-order valence-electron chi connectivity index (χ2n) is 7.86. The van der Waals surface area contributed by atoms with E-state index in [9.17, 15) is 8.42 Å². The molecule has 0 unspecified atom stereocenters. The summed E-state index contributed by atoms with van der Waals surface area (Å²) in [6.07, 6.45) is 4.16. The number of para-hydroxylation sites is 1. The zero-order valence-corrected chi connectivity index (χ0v) is 16.4. The van der Waals surface area contributed by atoms with Gasteiger partial charge in [0.2, 0.25) is 0 Å². The molecule has 0 spiro atoms. The van der Waals surface area contributed by atoms with E-state index in [0.29, 0.717) is 6.54 Å². The molecule has 1 aromatic heterocycles. The summed E-state index contributed by atoms with van der Waals surface area (Å²) in [5.41, 5.74) is 0.835. The molecule has 9 heteroatoms. The number of rotatable bonds is 7. The number of ether oxygens (including phenoxy) is 1. The molecule has 1 aliphatic heterocycles. The van der Waals surface area contributed by atoms with Crippen LogP contribution in [0.1, 0.15) is 26.2 Å². The van der Waals surface area contributed by atoms with Gasteiger partial charge in [0.25, 0.3) is 10.2 Å². The number of benzene rings is 1. The van der Waals surface area contributed by atoms with Crippen molar-refractivity contribution in [1.82, 2.24) is 14.3 Å². The van der Waals surface area contributed by atoms with Crippen molar-refractivity contribution < 1.29 is 13.2 Å². The van der Waals surface area contributed by atoms with Gasteiger partial charge >= 0.3 is 0 Å². The van der Waals surface area contributed by atoms with Crippen molar-refractivity contribution in [2.24, 2.45) is 10.6 Å². The third-order valence-corrected chi connectivity index (χ3v) is 6.62. The SMILES string of the molecule is COc1cccc2c(N3CC(C)(CCN(C4CC4)S(N)(=O)=O)C3)ncnc12. The summed E-state index contributed by atoms with van der Waals surface area (Å²) in [6.45, 7) is 4.30. The molecule has 2 aliphatic rings. The molecule has 1 saturated heterocycles. The van der Waals surface area contributed by atoms with Crippen LogP contribution < -0.4 is 14.8 Å². The predicted octanol–water partition coefficient (Wildman–Crippen LogP) is 1.52. The van der Waals surface area contributed by atoms with Crippen LogP contribution in [0.4, 0.5) is 5.82 Å². The Morgan fingerprint density at radius 3 is 2.70 bits per heavy atom. The van der Waals surface area contributed by atoms with Crippen LogP contribution in [-0.4, -0.2) is 55.5 Å². The molecule has 2 aromatic rings. The van der Waals surface area contributed by atoms with Crippen molar-refractivity contribution in [2.45, 2.75) is 32.2 Å². The Labute approximate surface area is 159 Å². The van der Waals surface area contributed by atoms with Crippen LogP contribution >= 0.6 is 0 Å². The molecule has 1 saturated carbocycles.